The van der Waals surface area contributed by atoms with E-state index in [0.29, 0.717) is 0 Å². The third-order valence-electron chi connectivity index (χ3n) is 1.91. The first-order valence-electron chi connectivity index (χ1n) is 3.88. The van der Waals surface area contributed by atoms with E-state index in [1.54, 1.807) is 0 Å². The lowest BCUT2D eigenvalue weighted by Gasteiger charge is -1.96. The lowest BCUT2D eigenvalue weighted by Crippen LogP contribution is -1.77. The first-order chi connectivity index (χ1) is 5.47. The van der Waals surface area contributed by atoms with E-state index >= 15 is 0 Å². The summed E-state index contributed by atoms with van der Waals surface area (Å²) in [6, 6.07) is 0. The topological polar surface area (TPSA) is 0 Å². The van der Waals surface area contributed by atoms with Crippen LogP contribution in [-0.2, 0) is 0 Å². The third kappa shape index (κ3) is 1.25. The SMILES string of the molecule is C1=CC=CC2=C(C=C1)C=CC2. The molecule has 0 bridgehead atoms. The number of allylic oxidation sites excluding steroid dienone is 10. The Labute approximate surface area is 66.9 Å². The monoisotopic (exact) mass is 142 g/mol. The minimum absolute atomic E-state index is 1.09. The summed E-state index contributed by atoms with van der Waals surface area (Å²) in [5, 5.41) is 0. The predicted molar refractivity (Wildman–Crippen MR) is 48.2 cm³/mol. The molecule has 0 N–H and O–H groups in total. The van der Waals surface area contributed by atoms with Crippen molar-refractivity contribution in [1.82, 2.24) is 0 Å². The third-order valence-corrected chi connectivity index (χ3v) is 1.91. The molecular formula is C11H10. The van der Waals surface area contributed by atoms with Crippen molar-refractivity contribution in [3.63, 3.8) is 0 Å². The first kappa shape index (κ1) is 6.41. The second-order valence-electron chi connectivity index (χ2n) is 2.69. The molecule has 0 saturated heterocycles. The van der Waals surface area contributed by atoms with Crippen LogP contribution in [0.3, 0.4) is 0 Å². The van der Waals surface area contributed by atoms with Crippen molar-refractivity contribution in [2.45, 2.75) is 6.42 Å². The van der Waals surface area contributed by atoms with Crippen LogP contribution in [-0.4, -0.2) is 0 Å². The summed E-state index contributed by atoms with van der Waals surface area (Å²) in [7, 11) is 0. The van der Waals surface area contributed by atoms with Crippen LogP contribution in [0.15, 0.2) is 59.8 Å². The highest BCUT2D eigenvalue weighted by Crippen LogP contribution is 2.21. The van der Waals surface area contributed by atoms with Gasteiger partial charge in [0.25, 0.3) is 0 Å². The van der Waals surface area contributed by atoms with Gasteiger partial charge in [0.15, 0.2) is 0 Å². The van der Waals surface area contributed by atoms with Crippen LogP contribution >= 0.6 is 0 Å². The van der Waals surface area contributed by atoms with E-state index in [0.717, 1.165) is 6.42 Å². The van der Waals surface area contributed by atoms with Crippen LogP contribution in [0.5, 0.6) is 0 Å². The zero-order chi connectivity index (χ0) is 7.52. The Morgan fingerprint density at radius 1 is 0.818 bits per heavy atom. The van der Waals surface area contributed by atoms with Crippen molar-refractivity contribution in [2.24, 2.45) is 0 Å². The zero-order valence-corrected chi connectivity index (χ0v) is 6.33. The molecule has 0 fully saturated rings. The fourth-order valence-electron chi connectivity index (χ4n) is 1.32. The summed E-state index contributed by atoms with van der Waals surface area (Å²) in [6.07, 6.45) is 18.1. The van der Waals surface area contributed by atoms with Gasteiger partial charge in [0.2, 0.25) is 0 Å². The van der Waals surface area contributed by atoms with E-state index in [9.17, 15) is 0 Å². The van der Waals surface area contributed by atoms with Gasteiger partial charge in [-0.05, 0) is 17.6 Å². The van der Waals surface area contributed by atoms with Crippen LogP contribution in [0, 0.1) is 0 Å². The van der Waals surface area contributed by atoms with Gasteiger partial charge in [-0.2, -0.15) is 0 Å². The van der Waals surface area contributed by atoms with Gasteiger partial charge in [-0.15, -0.1) is 0 Å². The highest BCUT2D eigenvalue weighted by atomic mass is 14.1. The Hall–Kier alpha value is -1.30. The predicted octanol–water partition coefficient (Wildman–Crippen LogP) is 2.93. The molecule has 0 heteroatoms. The molecule has 0 unspecified atom stereocenters. The second kappa shape index (κ2) is 2.75. The molecule has 0 saturated carbocycles. The van der Waals surface area contributed by atoms with E-state index < -0.39 is 0 Å². The molecule has 0 radical (unpaired) electrons. The highest BCUT2D eigenvalue weighted by Gasteiger charge is 2.02. The van der Waals surface area contributed by atoms with Gasteiger partial charge >= 0.3 is 0 Å². The maximum absolute atomic E-state index is 2.20. The minimum atomic E-state index is 1.09. The molecule has 0 amide bonds. The van der Waals surface area contributed by atoms with Crippen LogP contribution in [0.1, 0.15) is 6.42 Å². The average Bonchev–Trinajstić information content (AvgIpc) is 2.35. The van der Waals surface area contributed by atoms with Crippen LogP contribution in [0.2, 0.25) is 0 Å². The Kier molecular flexibility index (Phi) is 1.60. The fourth-order valence-corrected chi connectivity index (χ4v) is 1.32. The van der Waals surface area contributed by atoms with Crippen LogP contribution in [0.25, 0.3) is 0 Å². The van der Waals surface area contributed by atoms with Gasteiger partial charge < -0.3 is 0 Å². The molecule has 0 aromatic heterocycles. The molecule has 0 aliphatic heterocycles. The van der Waals surface area contributed by atoms with Gasteiger partial charge in [-0.1, -0.05) is 48.6 Å². The molecule has 0 spiro atoms. The maximum atomic E-state index is 2.20. The molecule has 2 aliphatic carbocycles. The second-order valence-corrected chi connectivity index (χ2v) is 2.69. The van der Waals surface area contributed by atoms with E-state index in [-0.39, 0.29) is 0 Å². The molecule has 54 valence electrons. The van der Waals surface area contributed by atoms with Crippen LogP contribution < -0.4 is 0 Å². The standard InChI is InChI=1S/C11H10/c1-2-4-7-11-9-5-8-10(11)6-3-1/h1-8H,9H2. The molecule has 0 heterocycles. The molecule has 11 heavy (non-hydrogen) atoms. The summed E-state index contributed by atoms with van der Waals surface area (Å²) in [4.78, 5) is 0. The lowest BCUT2D eigenvalue weighted by molar-refractivity contribution is 1.32. The molecule has 2 rings (SSSR count). The molecule has 0 atom stereocenters. The number of rotatable bonds is 0. The zero-order valence-electron chi connectivity index (χ0n) is 6.33. The Morgan fingerprint density at radius 3 is 2.55 bits per heavy atom. The number of hydrogen-bond acceptors (Lipinski definition) is 0. The summed E-state index contributed by atoms with van der Waals surface area (Å²) in [5.74, 6) is 0. The molecular weight excluding hydrogens is 132 g/mol. The molecule has 0 aromatic carbocycles. The van der Waals surface area contributed by atoms with Crippen molar-refractivity contribution >= 4 is 0 Å². The van der Waals surface area contributed by atoms with Gasteiger partial charge in [0, 0.05) is 0 Å². The molecule has 0 nitrogen and oxygen atoms in total. The van der Waals surface area contributed by atoms with Gasteiger partial charge in [-0.3, -0.25) is 0 Å². The quantitative estimate of drug-likeness (QED) is 0.488. The highest BCUT2D eigenvalue weighted by molar-refractivity contribution is 5.48. The Bertz CT molecular complexity index is 296. The minimum Gasteiger partial charge on any atom is -0.0795 e. The van der Waals surface area contributed by atoms with Crippen molar-refractivity contribution < 1.29 is 0 Å². The van der Waals surface area contributed by atoms with Crippen molar-refractivity contribution in [3.8, 4) is 0 Å². The first-order valence-corrected chi connectivity index (χ1v) is 3.88. The molecule has 2 aliphatic rings. The summed E-state index contributed by atoms with van der Waals surface area (Å²) in [5.41, 5.74) is 2.77. The average molecular weight is 142 g/mol. The van der Waals surface area contributed by atoms with E-state index in [2.05, 4.69) is 42.5 Å². The normalized spacial score (nSPS) is 20.4. The summed E-state index contributed by atoms with van der Waals surface area (Å²) < 4.78 is 0. The maximum Gasteiger partial charge on any atom is -0.00882 e. The van der Waals surface area contributed by atoms with Crippen LogP contribution in [0.4, 0.5) is 0 Å². The van der Waals surface area contributed by atoms with Gasteiger partial charge in [0.1, 0.15) is 0 Å². The summed E-state index contributed by atoms with van der Waals surface area (Å²) in [6.45, 7) is 0. The van der Waals surface area contributed by atoms with Crippen molar-refractivity contribution in [1.29, 1.82) is 0 Å². The summed E-state index contributed by atoms with van der Waals surface area (Å²) >= 11 is 0. The lowest BCUT2D eigenvalue weighted by atomic mass is 10.1. The Balaban J connectivity index is 2.38. The molecule has 0 aromatic rings. The van der Waals surface area contributed by atoms with Gasteiger partial charge in [-0.25, -0.2) is 0 Å². The largest absolute Gasteiger partial charge is 0.0795 e. The Morgan fingerprint density at radius 2 is 1.64 bits per heavy atom. The van der Waals surface area contributed by atoms with Crippen molar-refractivity contribution in [3.05, 3.63) is 59.8 Å². The fraction of sp³-hybridized carbons (Fsp3) is 0.0909. The van der Waals surface area contributed by atoms with Crippen molar-refractivity contribution in [2.75, 3.05) is 0 Å². The van der Waals surface area contributed by atoms with Gasteiger partial charge in [0.05, 0.1) is 0 Å². The van der Waals surface area contributed by atoms with E-state index in [1.165, 1.54) is 11.1 Å². The van der Waals surface area contributed by atoms with E-state index in [4.69, 9.17) is 0 Å². The van der Waals surface area contributed by atoms with E-state index in [1.807, 2.05) is 6.08 Å². The smallest absolute Gasteiger partial charge is 0.00882 e. The number of hydrogen-bond donors (Lipinski definition) is 0.